The number of rotatable bonds is 0. The first kappa shape index (κ1) is 7.07. The minimum absolute atomic E-state index is 1.22. The van der Waals surface area contributed by atoms with Crippen LogP contribution in [0, 0.1) is 0 Å². The van der Waals surface area contributed by atoms with Gasteiger partial charge in [0, 0.05) is 4.48 Å². The van der Waals surface area contributed by atoms with Crippen LogP contribution in [0.2, 0.25) is 0 Å². The lowest BCUT2D eigenvalue weighted by Gasteiger charge is -1.92. The van der Waals surface area contributed by atoms with Crippen molar-refractivity contribution in [3.63, 3.8) is 0 Å². The third-order valence-corrected chi connectivity index (χ3v) is 2.05. The van der Waals surface area contributed by atoms with Crippen LogP contribution >= 0.6 is 15.9 Å². The van der Waals surface area contributed by atoms with Gasteiger partial charge in [0.25, 0.3) is 0 Å². The fourth-order valence-corrected chi connectivity index (χ4v) is 1.61. The molecule has 1 aliphatic rings. The topological polar surface area (TPSA) is 0 Å². The van der Waals surface area contributed by atoms with Gasteiger partial charge in [-0.15, -0.1) is 0 Å². The Balaban J connectivity index is 2.67. The molecule has 0 aromatic heterocycles. The van der Waals surface area contributed by atoms with Crippen LogP contribution in [0.5, 0.6) is 0 Å². The van der Waals surface area contributed by atoms with E-state index in [2.05, 4.69) is 35.0 Å². The maximum Gasteiger partial charge on any atom is 0.0134 e. The van der Waals surface area contributed by atoms with E-state index in [1.54, 1.807) is 0 Å². The fourth-order valence-electron chi connectivity index (χ4n) is 0.987. The van der Waals surface area contributed by atoms with Crippen LogP contribution in [-0.2, 0) is 0 Å². The molecule has 0 N–H and O–H groups in total. The van der Waals surface area contributed by atoms with Crippen molar-refractivity contribution in [2.75, 3.05) is 0 Å². The summed E-state index contributed by atoms with van der Waals surface area (Å²) < 4.78 is 1.25. The average molecular weight is 187 g/mol. The van der Waals surface area contributed by atoms with E-state index in [-0.39, 0.29) is 0 Å². The normalized spacial score (nSPS) is 20.2. The summed E-state index contributed by atoms with van der Waals surface area (Å²) in [5.74, 6) is 0. The van der Waals surface area contributed by atoms with Crippen LogP contribution in [0.3, 0.4) is 0 Å². The minimum Gasteiger partial charge on any atom is -0.0722 e. The zero-order valence-electron chi connectivity index (χ0n) is 5.65. The summed E-state index contributed by atoms with van der Waals surface area (Å²) in [6, 6.07) is 0. The van der Waals surface area contributed by atoms with Gasteiger partial charge < -0.3 is 0 Å². The molecule has 0 spiro atoms. The zero-order chi connectivity index (χ0) is 6.69. The third kappa shape index (κ3) is 2.35. The molecule has 0 heterocycles. The Bertz CT molecular complexity index is 154. The van der Waals surface area contributed by atoms with Gasteiger partial charge in [0.2, 0.25) is 0 Å². The molecular formula is C8H11Br. The second-order valence-electron chi connectivity index (χ2n) is 2.47. The Kier molecular flexibility index (Phi) is 2.52. The number of hydrogen-bond acceptors (Lipinski definition) is 0. The quantitative estimate of drug-likeness (QED) is 0.545. The van der Waals surface area contributed by atoms with Crippen LogP contribution in [0.1, 0.15) is 26.2 Å². The molecule has 0 atom stereocenters. The van der Waals surface area contributed by atoms with Crippen molar-refractivity contribution < 1.29 is 0 Å². The molecule has 0 amide bonds. The predicted octanol–water partition coefficient (Wildman–Crippen LogP) is 3.40. The first-order valence-electron chi connectivity index (χ1n) is 3.32. The Morgan fingerprint density at radius 3 is 3.11 bits per heavy atom. The van der Waals surface area contributed by atoms with Crippen molar-refractivity contribution in [3.05, 3.63) is 22.2 Å². The molecule has 0 saturated heterocycles. The second kappa shape index (κ2) is 3.21. The van der Waals surface area contributed by atoms with Crippen molar-refractivity contribution in [2.24, 2.45) is 0 Å². The van der Waals surface area contributed by atoms with Crippen molar-refractivity contribution in [1.82, 2.24) is 0 Å². The highest BCUT2D eigenvalue weighted by Gasteiger charge is 1.96. The third-order valence-electron chi connectivity index (χ3n) is 1.50. The van der Waals surface area contributed by atoms with Gasteiger partial charge in [0.1, 0.15) is 0 Å². The fraction of sp³-hybridized carbons (Fsp3) is 0.500. The summed E-state index contributed by atoms with van der Waals surface area (Å²) in [6.07, 6.45) is 8.21. The predicted molar refractivity (Wildman–Crippen MR) is 44.6 cm³/mol. The van der Waals surface area contributed by atoms with Gasteiger partial charge in [-0.2, -0.15) is 0 Å². The van der Waals surface area contributed by atoms with Crippen LogP contribution in [0.15, 0.2) is 22.2 Å². The Labute approximate surface area is 64.8 Å². The SMILES string of the molecule is CC1=CC(Br)=CCCC1. The van der Waals surface area contributed by atoms with Gasteiger partial charge in [-0.1, -0.05) is 27.6 Å². The van der Waals surface area contributed by atoms with Gasteiger partial charge in [0.05, 0.1) is 0 Å². The van der Waals surface area contributed by atoms with Crippen molar-refractivity contribution >= 4 is 15.9 Å². The van der Waals surface area contributed by atoms with Gasteiger partial charge in [-0.3, -0.25) is 0 Å². The van der Waals surface area contributed by atoms with E-state index < -0.39 is 0 Å². The smallest absolute Gasteiger partial charge is 0.0134 e. The molecule has 0 aromatic rings. The lowest BCUT2D eigenvalue weighted by molar-refractivity contribution is 0.841. The molecule has 1 aliphatic carbocycles. The minimum atomic E-state index is 1.22. The molecule has 9 heavy (non-hydrogen) atoms. The largest absolute Gasteiger partial charge is 0.0722 e. The van der Waals surface area contributed by atoms with E-state index in [0.717, 1.165) is 0 Å². The number of halogens is 1. The van der Waals surface area contributed by atoms with Crippen molar-refractivity contribution in [2.45, 2.75) is 26.2 Å². The summed E-state index contributed by atoms with van der Waals surface area (Å²) in [4.78, 5) is 0. The van der Waals surface area contributed by atoms with E-state index in [4.69, 9.17) is 0 Å². The highest BCUT2D eigenvalue weighted by molar-refractivity contribution is 9.11. The lowest BCUT2D eigenvalue weighted by Crippen LogP contribution is -1.72. The standard InChI is InChI=1S/C8H11Br/c1-7-4-2-3-5-8(9)6-7/h5-6H,2-4H2,1H3. The van der Waals surface area contributed by atoms with Crippen molar-refractivity contribution in [1.29, 1.82) is 0 Å². The maximum absolute atomic E-state index is 3.46. The van der Waals surface area contributed by atoms with Crippen LogP contribution in [0.25, 0.3) is 0 Å². The summed E-state index contributed by atoms with van der Waals surface area (Å²) in [5.41, 5.74) is 1.48. The van der Waals surface area contributed by atoms with Crippen LogP contribution in [0.4, 0.5) is 0 Å². The van der Waals surface area contributed by atoms with E-state index >= 15 is 0 Å². The Morgan fingerprint density at radius 2 is 2.33 bits per heavy atom. The summed E-state index contributed by atoms with van der Waals surface area (Å²) in [7, 11) is 0. The highest BCUT2D eigenvalue weighted by atomic mass is 79.9. The molecule has 1 rings (SSSR count). The average Bonchev–Trinajstić information content (AvgIpc) is 1.93. The Morgan fingerprint density at radius 1 is 1.56 bits per heavy atom. The molecular weight excluding hydrogens is 176 g/mol. The summed E-state index contributed by atoms with van der Waals surface area (Å²) in [6.45, 7) is 2.18. The maximum atomic E-state index is 3.46. The molecule has 0 nitrogen and oxygen atoms in total. The monoisotopic (exact) mass is 186 g/mol. The van der Waals surface area contributed by atoms with E-state index in [9.17, 15) is 0 Å². The van der Waals surface area contributed by atoms with Crippen LogP contribution in [-0.4, -0.2) is 0 Å². The molecule has 1 heteroatoms. The first-order valence-corrected chi connectivity index (χ1v) is 4.11. The van der Waals surface area contributed by atoms with Crippen molar-refractivity contribution in [3.8, 4) is 0 Å². The Hall–Kier alpha value is -0.0400. The lowest BCUT2D eigenvalue weighted by atomic mass is 10.1. The van der Waals surface area contributed by atoms with Gasteiger partial charge in [-0.25, -0.2) is 0 Å². The van der Waals surface area contributed by atoms with E-state index in [1.807, 2.05) is 0 Å². The molecule has 0 saturated carbocycles. The molecule has 0 bridgehead atoms. The second-order valence-corrected chi connectivity index (χ2v) is 3.39. The van der Waals surface area contributed by atoms with E-state index in [1.165, 1.54) is 29.3 Å². The van der Waals surface area contributed by atoms with Crippen LogP contribution < -0.4 is 0 Å². The number of hydrogen-bond donors (Lipinski definition) is 0. The highest BCUT2D eigenvalue weighted by Crippen LogP contribution is 2.19. The molecule has 50 valence electrons. The van der Waals surface area contributed by atoms with Gasteiger partial charge in [0.15, 0.2) is 0 Å². The summed E-state index contributed by atoms with van der Waals surface area (Å²) >= 11 is 3.46. The van der Waals surface area contributed by atoms with Gasteiger partial charge in [-0.05, 0) is 32.3 Å². The molecule has 0 radical (unpaired) electrons. The molecule has 0 unspecified atom stereocenters. The molecule has 0 aromatic carbocycles. The zero-order valence-corrected chi connectivity index (χ0v) is 7.24. The first-order chi connectivity index (χ1) is 4.29. The molecule has 0 aliphatic heterocycles. The van der Waals surface area contributed by atoms with Gasteiger partial charge >= 0.3 is 0 Å². The van der Waals surface area contributed by atoms with E-state index in [0.29, 0.717) is 0 Å². The number of allylic oxidation sites excluding steroid dienone is 4. The summed E-state index contributed by atoms with van der Waals surface area (Å²) in [5, 5.41) is 0. The molecule has 0 fully saturated rings.